The Kier molecular flexibility index (Phi) is 10.6. The van der Waals surface area contributed by atoms with Gasteiger partial charge in [-0.25, -0.2) is 0 Å². The predicted molar refractivity (Wildman–Crippen MR) is 97.4 cm³/mol. The minimum Gasteiger partial charge on any atom is -0.493 e. The van der Waals surface area contributed by atoms with Crippen molar-refractivity contribution >= 4 is 24.3 Å². The van der Waals surface area contributed by atoms with E-state index in [1.54, 1.807) is 32.4 Å². The van der Waals surface area contributed by atoms with Crippen molar-refractivity contribution in [1.29, 1.82) is 0 Å². The number of rotatable bonds is 9. The van der Waals surface area contributed by atoms with Crippen LogP contribution in [0.15, 0.2) is 18.2 Å². The third kappa shape index (κ3) is 6.80. The van der Waals surface area contributed by atoms with Crippen LogP contribution in [0.5, 0.6) is 11.5 Å². The highest BCUT2D eigenvalue weighted by Gasteiger charge is 2.22. The number of amides is 1. The van der Waals surface area contributed by atoms with E-state index in [0.717, 1.165) is 5.56 Å². The molecule has 0 fully saturated rings. The molecule has 0 heterocycles. The molecule has 2 unspecified atom stereocenters. The van der Waals surface area contributed by atoms with Crippen LogP contribution >= 0.6 is 12.4 Å². The number of nitrogens with one attached hydrogen (secondary N) is 2. The van der Waals surface area contributed by atoms with E-state index in [1.165, 1.54) is 14.2 Å². The smallest absolute Gasteiger partial charge is 0.307 e. The minimum atomic E-state index is -0.510. The fraction of sp³-hybridized carbons (Fsp3) is 0.529. The zero-order valence-corrected chi connectivity index (χ0v) is 16.1. The Morgan fingerprint density at radius 1 is 1.12 bits per heavy atom. The topological polar surface area (TPSA) is 85.9 Å². The van der Waals surface area contributed by atoms with Crippen LogP contribution in [0.4, 0.5) is 0 Å². The first kappa shape index (κ1) is 23.0. The van der Waals surface area contributed by atoms with Gasteiger partial charge >= 0.3 is 5.97 Å². The van der Waals surface area contributed by atoms with E-state index in [2.05, 4.69) is 10.6 Å². The van der Waals surface area contributed by atoms with Crippen molar-refractivity contribution in [2.75, 3.05) is 34.9 Å². The van der Waals surface area contributed by atoms with Gasteiger partial charge in [0.2, 0.25) is 5.91 Å². The maximum Gasteiger partial charge on any atom is 0.307 e. The van der Waals surface area contributed by atoms with E-state index in [9.17, 15) is 9.59 Å². The first-order valence-electron chi connectivity index (χ1n) is 7.70. The summed E-state index contributed by atoms with van der Waals surface area (Å²) in [5.74, 6) is 0.329. The highest BCUT2D eigenvalue weighted by Crippen LogP contribution is 2.31. The number of ether oxygens (including phenoxy) is 3. The second-order valence-corrected chi connectivity index (χ2v) is 5.41. The molecule has 2 N–H and O–H groups in total. The summed E-state index contributed by atoms with van der Waals surface area (Å²) in [6.07, 6.45) is 0.0317. The number of carbonyl (C=O) groups excluding carboxylic acids is 2. The zero-order valence-electron chi connectivity index (χ0n) is 15.3. The lowest BCUT2D eigenvalue weighted by atomic mass is 10.0. The van der Waals surface area contributed by atoms with E-state index >= 15 is 0 Å². The number of hydrogen-bond donors (Lipinski definition) is 2. The van der Waals surface area contributed by atoms with Crippen LogP contribution in [0.1, 0.15) is 24.9 Å². The summed E-state index contributed by atoms with van der Waals surface area (Å²) in [5.41, 5.74) is 0.739. The number of esters is 1. The monoisotopic (exact) mass is 374 g/mol. The molecule has 0 aliphatic rings. The minimum absolute atomic E-state index is 0. The van der Waals surface area contributed by atoms with Gasteiger partial charge in [0.05, 0.1) is 33.8 Å². The van der Waals surface area contributed by atoms with Crippen molar-refractivity contribution in [2.45, 2.75) is 19.4 Å². The van der Waals surface area contributed by atoms with Gasteiger partial charge in [0.25, 0.3) is 0 Å². The Morgan fingerprint density at radius 2 is 1.76 bits per heavy atom. The Bertz CT molecular complexity index is 568. The lowest BCUT2D eigenvalue weighted by Crippen LogP contribution is -2.37. The molecule has 0 aromatic heterocycles. The van der Waals surface area contributed by atoms with Gasteiger partial charge in [-0.1, -0.05) is 13.0 Å². The molecule has 0 spiro atoms. The van der Waals surface area contributed by atoms with Crippen LogP contribution in [0, 0.1) is 5.92 Å². The van der Waals surface area contributed by atoms with E-state index in [-0.39, 0.29) is 30.7 Å². The van der Waals surface area contributed by atoms with Gasteiger partial charge in [0, 0.05) is 12.5 Å². The van der Waals surface area contributed by atoms with Crippen LogP contribution in [0.25, 0.3) is 0 Å². The summed E-state index contributed by atoms with van der Waals surface area (Å²) in [7, 11) is 6.18. The maximum atomic E-state index is 12.3. The Balaban J connectivity index is 0.00000576. The summed E-state index contributed by atoms with van der Waals surface area (Å²) < 4.78 is 15.2. The molecule has 0 radical (unpaired) electrons. The third-order valence-corrected chi connectivity index (χ3v) is 3.68. The number of carbonyl (C=O) groups is 2. The second-order valence-electron chi connectivity index (χ2n) is 5.41. The van der Waals surface area contributed by atoms with Crippen molar-refractivity contribution in [2.24, 2.45) is 5.92 Å². The highest BCUT2D eigenvalue weighted by molar-refractivity contribution is 5.85. The molecule has 0 aliphatic carbocycles. The van der Waals surface area contributed by atoms with Crippen molar-refractivity contribution in [3.8, 4) is 11.5 Å². The molecule has 0 bridgehead atoms. The van der Waals surface area contributed by atoms with Crippen molar-refractivity contribution in [1.82, 2.24) is 10.6 Å². The Morgan fingerprint density at radius 3 is 2.28 bits per heavy atom. The molecule has 0 saturated heterocycles. The molecule has 2 atom stereocenters. The Hall–Kier alpha value is -1.99. The number of hydrogen-bond acceptors (Lipinski definition) is 6. The molecule has 1 aromatic carbocycles. The molecule has 1 aromatic rings. The average molecular weight is 375 g/mol. The number of methoxy groups -OCH3 is 3. The normalized spacial score (nSPS) is 12.4. The number of halogens is 1. The van der Waals surface area contributed by atoms with E-state index < -0.39 is 12.0 Å². The molecule has 1 amide bonds. The predicted octanol–water partition coefficient (Wildman–Crippen LogP) is 1.70. The highest BCUT2D eigenvalue weighted by atomic mass is 35.5. The van der Waals surface area contributed by atoms with E-state index in [0.29, 0.717) is 18.0 Å². The molecule has 8 heteroatoms. The van der Waals surface area contributed by atoms with Crippen LogP contribution < -0.4 is 20.1 Å². The summed E-state index contributed by atoms with van der Waals surface area (Å²) >= 11 is 0. The summed E-state index contributed by atoms with van der Waals surface area (Å²) in [5, 5.41) is 5.85. The summed E-state index contributed by atoms with van der Waals surface area (Å²) in [4.78, 5) is 24.0. The maximum absolute atomic E-state index is 12.3. The molecule has 7 nitrogen and oxygen atoms in total. The van der Waals surface area contributed by atoms with Gasteiger partial charge in [0.1, 0.15) is 0 Å². The lowest BCUT2D eigenvalue weighted by Gasteiger charge is -2.21. The lowest BCUT2D eigenvalue weighted by molar-refractivity contribution is -0.141. The zero-order chi connectivity index (χ0) is 18.1. The van der Waals surface area contributed by atoms with Crippen LogP contribution in [-0.4, -0.2) is 46.8 Å². The van der Waals surface area contributed by atoms with Crippen LogP contribution in [0.2, 0.25) is 0 Å². The van der Waals surface area contributed by atoms with Crippen molar-refractivity contribution in [3.05, 3.63) is 23.8 Å². The molecular formula is C17H27ClN2O5. The first-order valence-corrected chi connectivity index (χ1v) is 7.70. The van der Waals surface area contributed by atoms with Crippen LogP contribution in [-0.2, 0) is 14.3 Å². The van der Waals surface area contributed by atoms with Gasteiger partial charge in [-0.2, -0.15) is 0 Å². The molecule has 0 saturated carbocycles. The SMILES string of the molecule is CNCC(C)C(=O)NC(CC(=O)OC)c1ccc(OC)c(OC)c1.Cl. The third-order valence-electron chi connectivity index (χ3n) is 3.68. The fourth-order valence-electron chi connectivity index (χ4n) is 2.28. The van der Waals surface area contributed by atoms with E-state index in [4.69, 9.17) is 14.2 Å². The summed E-state index contributed by atoms with van der Waals surface area (Å²) in [6, 6.07) is 4.76. The fourth-order valence-corrected chi connectivity index (χ4v) is 2.28. The van der Waals surface area contributed by atoms with Gasteiger partial charge in [-0.05, 0) is 24.7 Å². The molecular weight excluding hydrogens is 348 g/mol. The number of benzene rings is 1. The largest absolute Gasteiger partial charge is 0.493 e. The average Bonchev–Trinajstić information content (AvgIpc) is 2.60. The quantitative estimate of drug-likeness (QED) is 0.640. The van der Waals surface area contributed by atoms with Gasteiger partial charge in [-0.15, -0.1) is 12.4 Å². The van der Waals surface area contributed by atoms with Gasteiger partial charge in [-0.3, -0.25) is 9.59 Å². The molecule has 25 heavy (non-hydrogen) atoms. The van der Waals surface area contributed by atoms with Crippen LogP contribution in [0.3, 0.4) is 0 Å². The molecule has 142 valence electrons. The standard InChI is InChI=1S/C17H26N2O5.ClH/c1-11(10-18-2)17(21)19-13(9-16(20)24-5)12-6-7-14(22-3)15(8-12)23-4;/h6-8,11,13,18H,9-10H2,1-5H3,(H,19,21);1H. The van der Waals surface area contributed by atoms with Gasteiger partial charge < -0.3 is 24.8 Å². The molecule has 0 aliphatic heterocycles. The molecule has 1 rings (SSSR count). The van der Waals surface area contributed by atoms with Gasteiger partial charge in [0.15, 0.2) is 11.5 Å². The first-order chi connectivity index (χ1) is 11.5. The Labute approximate surface area is 154 Å². The second kappa shape index (κ2) is 11.5. The summed E-state index contributed by atoms with van der Waals surface area (Å²) in [6.45, 7) is 2.36. The van der Waals surface area contributed by atoms with E-state index in [1.807, 2.05) is 6.92 Å². The van der Waals surface area contributed by atoms with Crippen molar-refractivity contribution < 1.29 is 23.8 Å². The van der Waals surface area contributed by atoms with Crippen molar-refractivity contribution in [3.63, 3.8) is 0 Å².